The van der Waals surface area contributed by atoms with Crippen LogP contribution in [-0.2, 0) is 9.59 Å². The number of carbonyl (C=O) groups excluding carboxylic acids is 2. The fourth-order valence-electron chi connectivity index (χ4n) is 3.70. The molecule has 4 nitrogen and oxygen atoms in total. The Labute approximate surface area is 132 Å². The van der Waals surface area contributed by atoms with Gasteiger partial charge in [0.1, 0.15) is 11.6 Å². The van der Waals surface area contributed by atoms with E-state index >= 15 is 0 Å². The van der Waals surface area contributed by atoms with E-state index in [0.717, 1.165) is 37.9 Å². The van der Waals surface area contributed by atoms with Gasteiger partial charge in [-0.25, -0.2) is 0 Å². The second kappa shape index (κ2) is 7.03. The summed E-state index contributed by atoms with van der Waals surface area (Å²) in [5.74, 6) is 1.24. The van der Waals surface area contributed by atoms with Gasteiger partial charge in [-0.05, 0) is 44.6 Å². The SMILES string of the molecule is CCC1C(=O)NC2(CCCCC2)C(=O)N1C(C)CCSC. The number of nitrogens with one attached hydrogen (secondary N) is 1. The van der Waals surface area contributed by atoms with Crippen LogP contribution in [0.15, 0.2) is 0 Å². The van der Waals surface area contributed by atoms with Crippen molar-refractivity contribution in [1.82, 2.24) is 10.2 Å². The van der Waals surface area contributed by atoms with Gasteiger partial charge in [0.25, 0.3) is 0 Å². The molecule has 0 aromatic carbocycles. The van der Waals surface area contributed by atoms with Gasteiger partial charge in [-0.15, -0.1) is 0 Å². The molecular formula is C16H28N2O2S. The summed E-state index contributed by atoms with van der Waals surface area (Å²) in [4.78, 5) is 27.6. The molecule has 21 heavy (non-hydrogen) atoms. The number of piperazine rings is 1. The van der Waals surface area contributed by atoms with Crippen LogP contribution in [0.25, 0.3) is 0 Å². The third kappa shape index (κ3) is 3.22. The first kappa shape index (κ1) is 16.7. The topological polar surface area (TPSA) is 49.4 Å². The van der Waals surface area contributed by atoms with Crippen LogP contribution in [0.4, 0.5) is 0 Å². The lowest BCUT2D eigenvalue weighted by Crippen LogP contribution is -2.72. The van der Waals surface area contributed by atoms with Crippen molar-refractivity contribution in [3.63, 3.8) is 0 Å². The molecule has 0 aromatic rings. The number of carbonyl (C=O) groups is 2. The number of hydrogen-bond donors (Lipinski definition) is 1. The highest BCUT2D eigenvalue weighted by atomic mass is 32.2. The van der Waals surface area contributed by atoms with Gasteiger partial charge in [0.05, 0.1) is 0 Å². The molecule has 2 atom stereocenters. The van der Waals surface area contributed by atoms with Crippen LogP contribution in [0, 0.1) is 0 Å². The quantitative estimate of drug-likeness (QED) is 0.849. The molecule has 1 spiro atoms. The molecule has 1 saturated carbocycles. The molecule has 2 amide bonds. The van der Waals surface area contributed by atoms with Crippen molar-refractivity contribution in [2.24, 2.45) is 0 Å². The minimum atomic E-state index is -0.603. The summed E-state index contributed by atoms with van der Waals surface area (Å²) in [6.45, 7) is 4.08. The van der Waals surface area contributed by atoms with Crippen molar-refractivity contribution in [3.05, 3.63) is 0 Å². The van der Waals surface area contributed by atoms with Crippen molar-refractivity contribution < 1.29 is 9.59 Å². The molecule has 0 bridgehead atoms. The molecular weight excluding hydrogens is 284 g/mol. The normalized spacial score (nSPS) is 26.8. The van der Waals surface area contributed by atoms with Gasteiger partial charge < -0.3 is 10.2 Å². The van der Waals surface area contributed by atoms with Crippen LogP contribution in [0.2, 0.25) is 0 Å². The molecule has 0 radical (unpaired) electrons. The van der Waals surface area contributed by atoms with E-state index in [1.165, 1.54) is 6.42 Å². The molecule has 2 unspecified atom stereocenters. The lowest BCUT2D eigenvalue weighted by atomic mass is 9.78. The van der Waals surface area contributed by atoms with Crippen LogP contribution in [0.5, 0.6) is 0 Å². The van der Waals surface area contributed by atoms with Gasteiger partial charge in [0.15, 0.2) is 0 Å². The minimum absolute atomic E-state index is 0.0509. The maximum atomic E-state index is 13.1. The highest BCUT2D eigenvalue weighted by molar-refractivity contribution is 7.98. The largest absolute Gasteiger partial charge is 0.340 e. The van der Waals surface area contributed by atoms with Crippen molar-refractivity contribution in [2.75, 3.05) is 12.0 Å². The van der Waals surface area contributed by atoms with Crippen LogP contribution in [0.1, 0.15) is 58.8 Å². The van der Waals surface area contributed by atoms with Crippen LogP contribution < -0.4 is 5.32 Å². The van der Waals surface area contributed by atoms with Gasteiger partial charge in [0, 0.05) is 6.04 Å². The maximum absolute atomic E-state index is 13.1. The summed E-state index contributed by atoms with van der Waals surface area (Å²) in [7, 11) is 0. The lowest BCUT2D eigenvalue weighted by molar-refractivity contribution is -0.159. The number of thioether (sulfide) groups is 1. The van der Waals surface area contributed by atoms with E-state index in [-0.39, 0.29) is 23.9 Å². The highest BCUT2D eigenvalue weighted by Gasteiger charge is 2.51. The van der Waals surface area contributed by atoms with E-state index in [4.69, 9.17) is 0 Å². The molecule has 1 aliphatic carbocycles. The summed E-state index contributed by atoms with van der Waals surface area (Å²) in [5.41, 5.74) is -0.603. The molecule has 2 fully saturated rings. The van der Waals surface area contributed by atoms with Crippen molar-refractivity contribution in [2.45, 2.75) is 76.4 Å². The Balaban J connectivity index is 2.23. The van der Waals surface area contributed by atoms with Gasteiger partial charge in [-0.3, -0.25) is 9.59 Å². The highest BCUT2D eigenvalue weighted by Crippen LogP contribution is 2.35. The van der Waals surface area contributed by atoms with Crippen LogP contribution in [-0.4, -0.2) is 46.3 Å². The average Bonchev–Trinajstić information content (AvgIpc) is 2.49. The number of amides is 2. The Morgan fingerprint density at radius 3 is 2.57 bits per heavy atom. The van der Waals surface area contributed by atoms with E-state index in [1.54, 1.807) is 11.8 Å². The summed E-state index contributed by atoms with van der Waals surface area (Å²) < 4.78 is 0. The Kier molecular flexibility index (Phi) is 5.58. The number of hydrogen-bond acceptors (Lipinski definition) is 3. The second-order valence-electron chi connectivity index (χ2n) is 6.40. The van der Waals surface area contributed by atoms with Gasteiger partial charge in [-0.1, -0.05) is 26.2 Å². The monoisotopic (exact) mass is 312 g/mol. The van der Waals surface area contributed by atoms with Crippen LogP contribution >= 0.6 is 11.8 Å². The van der Waals surface area contributed by atoms with Crippen molar-refractivity contribution in [3.8, 4) is 0 Å². The Morgan fingerprint density at radius 1 is 1.33 bits per heavy atom. The standard InChI is InChI=1S/C16H28N2O2S/c1-4-13-14(19)17-16(9-6-5-7-10-16)15(20)18(13)12(2)8-11-21-3/h12-13H,4-11H2,1-3H3,(H,17,19). The van der Waals surface area contributed by atoms with E-state index in [1.807, 2.05) is 11.8 Å². The fraction of sp³-hybridized carbons (Fsp3) is 0.875. The molecule has 120 valence electrons. The molecule has 1 N–H and O–H groups in total. The predicted octanol–water partition coefficient (Wildman–Crippen LogP) is 2.57. The molecule has 5 heteroatoms. The molecule has 1 heterocycles. The molecule has 2 aliphatic rings. The lowest BCUT2D eigenvalue weighted by Gasteiger charge is -2.49. The first-order chi connectivity index (χ1) is 10.1. The minimum Gasteiger partial charge on any atom is -0.340 e. The zero-order valence-corrected chi connectivity index (χ0v) is 14.3. The molecule has 0 aromatic heterocycles. The summed E-state index contributed by atoms with van der Waals surface area (Å²) in [6, 6.07) is -0.151. The predicted molar refractivity (Wildman–Crippen MR) is 87.3 cm³/mol. The summed E-state index contributed by atoms with van der Waals surface area (Å²) in [6.07, 6.45) is 8.58. The molecule has 1 saturated heterocycles. The van der Waals surface area contributed by atoms with Crippen molar-refractivity contribution in [1.29, 1.82) is 0 Å². The van der Waals surface area contributed by atoms with Gasteiger partial charge in [-0.2, -0.15) is 11.8 Å². The fourth-order valence-corrected chi connectivity index (χ4v) is 4.28. The molecule has 1 aliphatic heterocycles. The van der Waals surface area contributed by atoms with E-state index in [9.17, 15) is 9.59 Å². The van der Waals surface area contributed by atoms with Crippen LogP contribution in [0.3, 0.4) is 0 Å². The summed E-state index contributed by atoms with van der Waals surface area (Å²) >= 11 is 1.79. The van der Waals surface area contributed by atoms with E-state index in [0.29, 0.717) is 6.42 Å². The molecule has 2 rings (SSSR count). The van der Waals surface area contributed by atoms with E-state index in [2.05, 4.69) is 18.5 Å². The maximum Gasteiger partial charge on any atom is 0.249 e. The smallest absolute Gasteiger partial charge is 0.249 e. The van der Waals surface area contributed by atoms with E-state index < -0.39 is 5.54 Å². The first-order valence-corrected chi connectivity index (χ1v) is 9.59. The van der Waals surface area contributed by atoms with Gasteiger partial charge in [0.2, 0.25) is 11.8 Å². The Bertz CT molecular complexity index is 394. The number of rotatable bonds is 5. The third-order valence-electron chi connectivity index (χ3n) is 4.95. The zero-order chi connectivity index (χ0) is 15.5. The Hall–Kier alpha value is -0.710. The average molecular weight is 312 g/mol. The van der Waals surface area contributed by atoms with Gasteiger partial charge >= 0.3 is 0 Å². The summed E-state index contributed by atoms with van der Waals surface area (Å²) in [5, 5.41) is 3.09. The third-order valence-corrected chi connectivity index (χ3v) is 5.60. The second-order valence-corrected chi connectivity index (χ2v) is 7.38. The van der Waals surface area contributed by atoms with Crippen molar-refractivity contribution >= 4 is 23.6 Å². The first-order valence-electron chi connectivity index (χ1n) is 8.19. The zero-order valence-electron chi connectivity index (χ0n) is 13.5. The number of nitrogens with zero attached hydrogens (tertiary/aromatic N) is 1. The Morgan fingerprint density at radius 2 is 2.00 bits per heavy atom.